The van der Waals surface area contributed by atoms with Gasteiger partial charge in [0.05, 0.1) is 6.10 Å². The van der Waals surface area contributed by atoms with Gasteiger partial charge in [0.15, 0.2) is 6.23 Å². The first-order valence-corrected chi connectivity index (χ1v) is 8.06. The number of carboxylic acid groups (broad SMARTS) is 1. The number of aliphatic hydroxyl groups excluding tert-OH is 2. The van der Waals surface area contributed by atoms with Crippen LogP contribution in [0, 0.1) is 0 Å². The average molecular weight is 360 g/mol. The average Bonchev–Trinajstić information content (AvgIpc) is 2.81. The van der Waals surface area contributed by atoms with Crippen LogP contribution in [0.1, 0.15) is 25.7 Å². The van der Waals surface area contributed by atoms with Crippen LogP contribution in [0.25, 0.3) is 0 Å². The highest BCUT2D eigenvalue weighted by molar-refractivity contribution is 5.96. The second-order valence-electron chi connectivity index (χ2n) is 6.36. The van der Waals surface area contributed by atoms with Gasteiger partial charge >= 0.3 is 12.0 Å². The summed E-state index contributed by atoms with van der Waals surface area (Å²) in [5, 5.41) is 31.2. The molecule has 2 fully saturated rings. The first-order chi connectivity index (χ1) is 11.7. The maximum atomic E-state index is 11.8. The van der Waals surface area contributed by atoms with Gasteiger partial charge in [0.25, 0.3) is 0 Å². The summed E-state index contributed by atoms with van der Waals surface area (Å²) in [7, 11) is 0. The predicted octanol–water partition coefficient (Wildman–Crippen LogP) is -2.72. The van der Waals surface area contributed by atoms with E-state index < -0.39 is 54.5 Å². The highest BCUT2D eigenvalue weighted by Crippen LogP contribution is 2.28. The van der Waals surface area contributed by atoms with E-state index in [0.717, 1.165) is 4.90 Å². The number of urea groups is 1. The summed E-state index contributed by atoms with van der Waals surface area (Å²) in [6, 6.07) is -2.20. The van der Waals surface area contributed by atoms with E-state index in [9.17, 15) is 24.6 Å². The molecule has 2 heterocycles. The number of ether oxygens (including phenoxy) is 1. The number of carbonyl (C=O) groups is 3. The number of nitrogens with one attached hydrogen (secondary N) is 1. The molecule has 2 aliphatic heterocycles. The van der Waals surface area contributed by atoms with E-state index in [4.69, 9.17) is 21.3 Å². The summed E-state index contributed by atoms with van der Waals surface area (Å²) < 4.78 is 5.58. The van der Waals surface area contributed by atoms with Crippen LogP contribution in [0.2, 0.25) is 0 Å². The Bertz CT molecular complexity index is 531. The van der Waals surface area contributed by atoms with Gasteiger partial charge in [0.2, 0.25) is 5.91 Å². The smallest absolute Gasteiger partial charge is 0.326 e. The van der Waals surface area contributed by atoms with Crippen molar-refractivity contribution in [3.63, 3.8) is 0 Å². The Morgan fingerprint density at radius 2 is 1.96 bits per heavy atom. The zero-order valence-corrected chi connectivity index (χ0v) is 13.6. The molecule has 0 bridgehead atoms. The van der Waals surface area contributed by atoms with Gasteiger partial charge < -0.3 is 31.5 Å². The second-order valence-corrected chi connectivity index (χ2v) is 6.36. The fraction of sp³-hybridized carbons (Fsp3) is 0.786. The van der Waals surface area contributed by atoms with Crippen LogP contribution in [0.4, 0.5) is 4.79 Å². The number of nitrogens with two attached hydrogens (primary N) is 2. The summed E-state index contributed by atoms with van der Waals surface area (Å²) in [6.45, 7) is 0.0748. The van der Waals surface area contributed by atoms with Gasteiger partial charge in [-0.3, -0.25) is 19.8 Å². The number of imide groups is 1. The predicted molar refractivity (Wildman–Crippen MR) is 83.0 cm³/mol. The summed E-state index contributed by atoms with van der Waals surface area (Å²) in [6.07, 6.45) is -3.78. The molecule has 3 amide bonds. The Balaban J connectivity index is 1.89. The van der Waals surface area contributed by atoms with Crippen LogP contribution in [-0.4, -0.2) is 81.3 Å². The van der Waals surface area contributed by atoms with Crippen LogP contribution in [0.15, 0.2) is 0 Å². The Hall–Kier alpha value is -1.79. The Labute approximate surface area is 143 Å². The minimum absolute atomic E-state index is 0.0748. The van der Waals surface area contributed by atoms with E-state index in [1.54, 1.807) is 0 Å². The number of hydrogen-bond donors (Lipinski definition) is 6. The summed E-state index contributed by atoms with van der Waals surface area (Å²) in [4.78, 5) is 34.9. The zero-order chi connectivity index (χ0) is 18.7. The van der Waals surface area contributed by atoms with Crippen LogP contribution in [0.5, 0.6) is 0 Å². The van der Waals surface area contributed by atoms with Gasteiger partial charge in [-0.2, -0.15) is 0 Å². The number of carbonyl (C=O) groups excluding carboxylic acids is 2. The van der Waals surface area contributed by atoms with Gasteiger partial charge in [0, 0.05) is 19.0 Å². The SMILES string of the molecule is NC(CC[C@H](N)C(=O)O)C[C@H]1OC(N2CCC(=O)NC2=O)[C@H](O)[C@@H]1O. The molecule has 2 aliphatic rings. The molecule has 2 unspecified atom stereocenters. The molecule has 0 aromatic rings. The Morgan fingerprint density at radius 3 is 2.56 bits per heavy atom. The summed E-state index contributed by atoms with van der Waals surface area (Å²) in [5.41, 5.74) is 11.3. The molecule has 0 saturated carbocycles. The molecule has 0 aromatic carbocycles. The third kappa shape index (κ3) is 4.64. The van der Waals surface area contributed by atoms with Crippen LogP contribution in [-0.2, 0) is 14.3 Å². The van der Waals surface area contributed by atoms with Crippen molar-refractivity contribution in [2.45, 2.75) is 62.3 Å². The van der Waals surface area contributed by atoms with Crippen molar-refractivity contribution in [2.24, 2.45) is 11.5 Å². The maximum absolute atomic E-state index is 11.8. The van der Waals surface area contributed by atoms with Crippen molar-refractivity contribution in [2.75, 3.05) is 6.54 Å². The molecule has 2 rings (SSSR count). The number of carboxylic acids is 1. The molecule has 0 radical (unpaired) electrons. The summed E-state index contributed by atoms with van der Waals surface area (Å²) >= 11 is 0. The van der Waals surface area contributed by atoms with Gasteiger partial charge in [-0.1, -0.05) is 0 Å². The molecular formula is C14H24N4O7. The number of aliphatic carboxylic acids is 1. The van der Waals surface area contributed by atoms with E-state index >= 15 is 0 Å². The second kappa shape index (κ2) is 8.06. The molecule has 11 heteroatoms. The van der Waals surface area contributed by atoms with Crippen molar-refractivity contribution in [3.05, 3.63) is 0 Å². The zero-order valence-electron chi connectivity index (χ0n) is 13.6. The lowest BCUT2D eigenvalue weighted by atomic mass is 9.98. The standard InChI is InChI=1S/C14H24N4O7/c15-6(1-2-7(16)13(22)23)5-8-10(20)11(21)12(25-8)18-4-3-9(19)17-14(18)24/h6-8,10-12,20-21H,1-5,15-16H2,(H,22,23)(H,17,19,24)/t6?,7-,8+,10+,11+,12?/m0/s1. The maximum Gasteiger partial charge on any atom is 0.326 e. The molecule has 25 heavy (non-hydrogen) atoms. The van der Waals surface area contributed by atoms with Crippen LogP contribution < -0.4 is 16.8 Å². The molecule has 0 aliphatic carbocycles. The normalized spacial score (nSPS) is 32.4. The van der Waals surface area contributed by atoms with E-state index in [2.05, 4.69) is 5.32 Å². The van der Waals surface area contributed by atoms with Crippen molar-refractivity contribution in [1.29, 1.82) is 0 Å². The van der Waals surface area contributed by atoms with E-state index in [1.807, 2.05) is 0 Å². The van der Waals surface area contributed by atoms with Gasteiger partial charge in [-0.15, -0.1) is 0 Å². The fourth-order valence-corrected chi connectivity index (χ4v) is 2.93. The fourth-order valence-electron chi connectivity index (χ4n) is 2.93. The van der Waals surface area contributed by atoms with E-state index in [-0.39, 0.29) is 25.8 Å². The first-order valence-electron chi connectivity index (χ1n) is 8.06. The molecular weight excluding hydrogens is 336 g/mol. The molecule has 2 saturated heterocycles. The highest BCUT2D eigenvalue weighted by atomic mass is 16.6. The lowest BCUT2D eigenvalue weighted by molar-refractivity contribution is -0.138. The Morgan fingerprint density at radius 1 is 1.28 bits per heavy atom. The first kappa shape index (κ1) is 19.5. The van der Waals surface area contributed by atoms with Crippen molar-refractivity contribution >= 4 is 17.9 Å². The molecule has 11 nitrogen and oxygen atoms in total. The van der Waals surface area contributed by atoms with Crippen molar-refractivity contribution in [3.8, 4) is 0 Å². The van der Waals surface area contributed by atoms with Crippen molar-refractivity contribution < 1.29 is 34.4 Å². The van der Waals surface area contributed by atoms with Gasteiger partial charge in [-0.05, 0) is 19.3 Å². The van der Waals surface area contributed by atoms with Crippen LogP contribution in [0.3, 0.4) is 0 Å². The minimum atomic E-state index is -1.34. The molecule has 142 valence electrons. The molecule has 0 spiro atoms. The number of nitrogens with zero attached hydrogens (tertiary/aromatic N) is 1. The lowest BCUT2D eigenvalue weighted by Gasteiger charge is -2.32. The summed E-state index contributed by atoms with van der Waals surface area (Å²) in [5.74, 6) is -1.53. The minimum Gasteiger partial charge on any atom is -0.480 e. The van der Waals surface area contributed by atoms with Gasteiger partial charge in [-0.25, -0.2) is 4.79 Å². The largest absolute Gasteiger partial charge is 0.480 e. The van der Waals surface area contributed by atoms with Crippen LogP contribution >= 0.6 is 0 Å². The van der Waals surface area contributed by atoms with E-state index in [0.29, 0.717) is 6.42 Å². The Kier molecular flexibility index (Phi) is 6.30. The third-order valence-electron chi connectivity index (χ3n) is 4.43. The highest BCUT2D eigenvalue weighted by Gasteiger charge is 2.48. The molecule has 8 N–H and O–H groups in total. The monoisotopic (exact) mass is 360 g/mol. The number of amides is 3. The lowest BCUT2D eigenvalue weighted by Crippen LogP contribution is -2.56. The quantitative estimate of drug-likeness (QED) is 0.280. The molecule has 0 aromatic heterocycles. The number of hydrogen-bond acceptors (Lipinski definition) is 8. The number of rotatable bonds is 7. The van der Waals surface area contributed by atoms with Gasteiger partial charge in [0.1, 0.15) is 18.2 Å². The third-order valence-corrected chi connectivity index (χ3v) is 4.43. The topological polar surface area (TPSA) is 188 Å². The molecule has 6 atom stereocenters. The van der Waals surface area contributed by atoms with Crippen molar-refractivity contribution in [1.82, 2.24) is 10.2 Å². The number of aliphatic hydroxyl groups is 2. The van der Waals surface area contributed by atoms with E-state index in [1.165, 1.54) is 0 Å².